The number of carbonyl (C=O) groups is 3. The van der Waals surface area contributed by atoms with Crippen LogP contribution in [0.5, 0.6) is 5.75 Å². The van der Waals surface area contributed by atoms with E-state index < -0.39 is 29.4 Å². The fourth-order valence-electron chi connectivity index (χ4n) is 4.70. The van der Waals surface area contributed by atoms with Crippen molar-refractivity contribution < 1.29 is 23.9 Å². The zero-order valence-electron chi connectivity index (χ0n) is 20.9. The third kappa shape index (κ3) is 3.90. The van der Waals surface area contributed by atoms with Crippen LogP contribution in [0.4, 0.5) is 5.69 Å². The molecule has 0 saturated heterocycles. The lowest BCUT2D eigenvalue weighted by molar-refractivity contribution is -0.138. The van der Waals surface area contributed by atoms with Crippen molar-refractivity contribution in [2.75, 3.05) is 18.6 Å². The van der Waals surface area contributed by atoms with E-state index in [1.165, 1.54) is 17.6 Å². The number of amides is 2. The van der Waals surface area contributed by atoms with Gasteiger partial charge in [0.15, 0.2) is 4.80 Å². The summed E-state index contributed by atoms with van der Waals surface area (Å²) in [5, 5.41) is 0. The van der Waals surface area contributed by atoms with E-state index in [1.54, 1.807) is 62.6 Å². The van der Waals surface area contributed by atoms with E-state index in [-0.39, 0.29) is 22.3 Å². The van der Waals surface area contributed by atoms with Crippen LogP contribution >= 0.6 is 11.3 Å². The van der Waals surface area contributed by atoms with Crippen LogP contribution in [0.25, 0.3) is 5.57 Å². The maximum absolute atomic E-state index is 14.0. The molecular formula is C28H23N3O6S. The number of esters is 1. The number of methoxy groups -OCH3 is 1. The predicted octanol–water partition coefficient (Wildman–Crippen LogP) is 2.24. The van der Waals surface area contributed by atoms with Crippen LogP contribution in [-0.4, -0.2) is 36.1 Å². The highest BCUT2D eigenvalue weighted by Gasteiger charge is 2.38. The first-order chi connectivity index (χ1) is 18.3. The number of allylic oxidation sites excluding steroid dienone is 1. The molecule has 0 N–H and O–H groups in total. The molecule has 3 aromatic rings. The van der Waals surface area contributed by atoms with E-state index in [0.29, 0.717) is 33.1 Å². The molecule has 3 heterocycles. The summed E-state index contributed by atoms with van der Waals surface area (Å²) in [5.74, 6) is -1.05. The molecule has 2 amide bonds. The van der Waals surface area contributed by atoms with Crippen molar-refractivity contribution >= 4 is 40.4 Å². The molecule has 0 bridgehead atoms. The fourth-order valence-corrected chi connectivity index (χ4v) is 5.83. The van der Waals surface area contributed by atoms with Crippen LogP contribution in [0.1, 0.15) is 31.0 Å². The van der Waals surface area contributed by atoms with Crippen molar-refractivity contribution in [1.82, 2.24) is 4.57 Å². The zero-order chi connectivity index (χ0) is 27.1. The molecule has 0 aliphatic carbocycles. The maximum atomic E-state index is 14.0. The van der Waals surface area contributed by atoms with Gasteiger partial charge in [0.1, 0.15) is 16.9 Å². The van der Waals surface area contributed by atoms with Crippen molar-refractivity contribution in [3.8, 4) is 5.75 Å². The van der Waals surface area contributed by atoms with Crippen molar-refractivity contribution in [2.45, 2.75) is 19.9 Å². The molecule has 0 spiro atoms. The Morgan fingerprint density at radius 3 is 2.50 bits per heavy atom. The molecule has 2 aliphatic heterocycles. The summed E-state index contributed by atoms with van der Waals surface area (Å²) >= 11 is 1.04. The van der Waals surface area contributed by atoms with Crippen molar-refractivity contribution in [3.05, 3.63) is 103 Å². The number of hydrogen-bond acceptors (Lipinski definition) is 8. The number of imide groups is 1. The van der Waals surface area contributed by atoms with E-state index in [2.05, 4.69) is 11.6 Å². The molecule has 10 heteroatoms. The Balaban J connectivity index is 1.80. The highest BCUT2D eigenvalue weighted by atomic mass is 32.1. The van der Waals surface area contributed by atoms with E-state index in [1.807, 2.05) is 0 Å². The molecule has 9 nitrogen and oxygen atoms in total. The minimum atomic E-state index is -0.862. The van der Waals surface area contributed by atoms with Gasteiger partial charge in [-0.1, -0.05) is 54.3 Å². The van der Waals surface area contributed by atoms with E-state index in [4.69, 9.17) is 9.47 Å². The van der Waals surface area contributed by atoms with Crippen LogP contribution in [0.15, 0.2) is 82.2 Å². The first-order valence-corrected chi connectivity index (χ1v) is 12.5. The minimum absolute atomic E-state index is 0.00825. The molecule has 192 valence electrons. The summed E-state index contributed by atoms with van der Waals surface area (Å²) < 4.78 is 12.2. The SMILES string of the molecule is C=CCOC(=O)C1=C(C)N=c2sc(=C3C(=O)N(C(C)=O)c4ccccc43)c(=O)n2C1c1ccc(OC)cc1. The number of carbonyl (C=O) groups excluding carboxylic acids is 3. The Morgan fingerprint density at radius 1 is 1.13 bits per heavy atom. The van der Waals surface area contributed by atoms with Crippen molar-refractivity contribution in [3.63, 3.8) is 0 Å². The third-order valence-electron chi connectivity index (χ3n) is 6.35. The molecule has 0 fully saturated rings. The van der Waals surface area contributed by atoms with Gasteiger partial charge in [-0.15, -0.1) is 0 Å². The number of fused-ring (bicyclic) bond motifs is 2. The van der Waals surface area contributed by atoms with Gasteiger partial charge in [-0.05, 0) is 30.7 Å². The van der Waals surface area contributed by atoms with E-state index in [9.17, 15) is 19.2 Å². The number of thiazole rings is 1. The van der Waals surface area contributed by atoms with Crippen LogP contribution in [-0.2, 0) is 19.1 Å². The monoisotopic (exact) mass is 529 g/mol. The van der Waals surface area contributed by atoms with Gasteiger partial charge in [-0.3, -0.25) is 19.0 Å². The Kier molecular flexibility index (Phi) is 6.41. The Morgan fingerprint density at radius 2 is 1.84 bits per heavy atom. The number of rotatable bonds is 5. The van der Waals surface area contributed by atoms with E-state index >= 15 is 0 Å². The molecule has 0 saturated carbocycles. The number of hydrogen-bond donors (Lipinski definition) is 0. The summed E-state index contributed by atoms with van der Waals surface area (Å²) in [7, 11) is 1.54. The molecule has 0 radical (unpaired) electrons. The molecule has 1 aromatic heterocycles. The van der Waals surface area contributed by atoms with Crippen LogP contribution < -0.4 is 24.5 Å². The van der Waals surface area contributed by atoms with Gasteiger partial charge in [0.05, 0.1) is 35.7 Å². The predicted molar refractivity (Wildman–Crippen MR) is 141 cm³/mol. The van der Waals surface area contributed by atoms with Crippen molar-refractivity contribution in [1.29, 1.82) is 0 Å². The molecule has 1 atom stereocenters. The van der Waals surface area contributed by atoms with Gasteiger partial charge in [0.25, 0.3) is 11.5 Å². The molecule has 5 rings (SSSR count). The summed E-state index contributed by atoms with van der Waals surface area (Å²) in [6.45, 7) is 6.55. The molecule has 38 heavy (non-hydrogen) atoms. The van der Waals surface area contributed by atoms with Gasteiger partial charge in [0, 0.05) is 12.5 Å². The number of anilines is 1. The van der Waals surface area contributed by atoms with Crippen LogP contribution in [0.2, 0.25) is 0 Å². The smallest absolute Gasteiger partial charge is 0.338 e. The van der Waals surface area contributed by atoms with Crippen molar-refractivity contribution in [2.24, 2.45) is 4.99 Å². The number of benzene rings is 2. The average Bonchev–Trinajstić information content (AvgIpc) is 3.38. The molecule has 2 aromatic carbocycles. The Labute approximate surface area is 221 Å². The summed E-state index contributed by atoms with van der Waals surface area (Å²) in [5.41, 5.74) is 1.75. The zero-order valence-corrected chi connectivity index (χ0v) is 21.7. The highest BCUT2D eigenvalue weighted by Crippen LogP contribution is 2.36. The Hall–Kier alpha value is -4.57. The average molecular weight is 530 g/mol. The highest BCUT2D eigenvalue weighted by molar-refractivity contribution is 7.07. The Bertz CT molecular complexity index is 1730. The fraction of sp³-hybridized carbons (Fsp3) is 0.179. The van der Waals surface area contributed by atoms with Gasteiger partial charge < -0.3 is 9.47 Å². The van der Waals surface area contributed by atoms with Gasteiger partial charge in [-0.25, -0.2) is 14.7 Å². The minimum Gasteiger partial charge on any atom is -0.497 e. The second kappa shape index (κ2) is 9.71. The largest absolute Gasteiger partial charge is 0.497 e. The van der Waals surface area contributed by atoms with Gasteiger partial charge in [-0.2, -0.15) is 0 Å². The molecule has 1 unspecified atom stereocenters. The topological polar surface area (TPSA) is 107 Å². The van der Waals surface area contributed by atoms with Gasteiger partial charge in [0.2, 0.25) is 5.91 Å². The molecule has 2 aliphatic rings. The number of para-hydroxylation sites is 1. The number of nitrogens with zero attached hydrogens (tertiary/aromatic N) is 3. The van der Waals surface area contributed by atoms with Crippen LogP contribution in [0.3, 0.4) is 0 Å². The quantitative estimate of drug-likeness (QED) is 0.371. The van der Waals surface area contributed by atoms with Crippen LogP contribution in [0, 0.1) is 0 Å². The number of ether oxygens (including phenoxy) is 2. The first kappa shape index (κ1) is 25.1. The summed E-state index contributed by atoms with van der Waals surface area (Å²) in [6.07, 6.45) is 1.46. The lowest BCUT2D eigenvalue weighted by Crippen LogP contribution is -2.41. The second-order valence-electron chi connectivity index (χ2n) is 8.61. The summed E-state index contributed by atoms with van der Waals surface area (Å²) in [6, 6.07) is 13.0. The summed E-state index contributed by atoms with van der Waals surface area (Å²) in [4.78, 5) is 58.9. The standard InChI is InChI=1S/C28H23N3O6S/c1-5-14-37-27(35)21-15(2)29-28-31(23(21)17-10-12-18(36-4)13-11-17)26(34)24(38-28)22-19-8-6-7-9-20(19)30(16(3)32)25(22)33/h5-13,23H,1,14H2,2-4H3. The maximum Gasteiger partial charge on any atom is 0.338 e. The van der Waals surface area contributed by atoms with E-state index in [0.717, 1.165) is 16.2 Å². The lowest BCUT2D eigenvalue weighted by Gasteiger charge is -2.24. The normalized spacial score (nSPS) is 17.5. The first-order valence-electron chi connectivity index (χ1n) is 11.7. The number of aromatic nitrogens is 1. The molecular weight excluding hydrogens is 506 g/mol. The van der Waals surface area contributed by atoms with Gasteiger partial charge >= 0.3 is 5.97 Å². The lowest BCUT2D eigenvalue weighted by atomic mass is 9.96. The second-order valence-corrected chi connectivity index (χ2v) is 9.59. The third-order valence-corrected chi connectivity index (χ3v) is 7.41.